The molecule has 2 heterocycles. The second-order valence-corrected chi connectivity index (χ2v) is 4.07. The topological polar surface area (TPSA) is 65.4 Å². The van der Waals surface area contributed by atoms with Crippen LogP contribution >= 0.6 is 0 Å². The van der Waals surface area contributed by atoms with Crippen LogP contribution in [0.5, 0.6) is 5.75 Å². The van der Waals surface area contributed by atoms with Gasteiger partial charge in [-0.3, -0.25) is 4.68 Å². The predicted octanol–water partition coefficient (Wildman–Crippen LogP) is 0.337. The Morgan fingerprint density at radius 2 is 2.24 bits per heavy atom. The van der Waals surface area contributed by atoms with Crippen LogP contribution in [0, 0.1) is 0 Å². The smallest absolute Gasteiger partial charge is 0.362 e. The molecule has 0 radical (unpaired) electrons. The minimum atomic E-state index is -0.463. The average molecular weight is 239 g/mol. The van der Waals surface area contributed by atoms with Crippen molar-refractivity contribution in [3.63, 3.8) is 0 Å². The van der Waals surface area contributed by atoms with Crippen molar-refractivity contribution in [3.05, 3.63) is 11.9 Å². The van der Waals surface area contributed by atoms with Gasteiger partial charge in [0.2, 0.25) is 5.69 Å². The van der Waals surface area contributed by atoms with Gasteiger partial charge in [-0.15, -0.1) is 0 Å². The molecule has 1 saturated heterocycles. The molecule has 1 fully saturated rings. The summed E-state index contributed by atoms with van der Waals surface area (Å²) < 4.78 is 12.0. The Morgan fingerprint density at radius 3 is 2.88 bits per heavy atom. The van der Waals surface area contributed by atoms with Crippen LogP contribution in [0.2, 0.25) is 0 Å². The molecule has 0 aromatic carbocycles. The van der Waals surface area contributed by atoms with Gasteiger partial charge < -0.3 is 14.8 Å². The molecule has 1 aliphatic rings. The number of piperidine rings is 1. The molecule has 0 atom stereocenters. The first-order valence-electron chi connectivity index (χ1n) is 5.70. The van der Waals surface area contributed by atoms with Crippen molar-refractivity contribution in [2.45, 2.75) is 18.9 Å². The van der Waals surface area contributed by atoms with E-state index in [1.54, 1.807) is 17.9 Å². The van der Waals surface area contributed by atoms with Crippen molar-refractivity contribution >= 4 is 5.97 Å². The van der Waals surface area contributed by atoms with E-state index < -0.39 is 5.97 Å². The summed E-state index contributed by atoms with van der Waals surface area (Å²) in [5.41, 5.74) is 0.244. The van der Waals surface area contributed by atoms with Gasteiger partial charge in [0.05, 0.1) is 13.3 Å². The summed E-state index contributed by atoms with van der Waals surface area (Å²) in [5, 5.41) is 7.31. The highest BCUT2D eigenvalue weighted by molar-refractivity contribution is 5.90. The fourth-order valence-corrected chi connectivity index (χ4v) is 1.88. The van der Waals surface area contributed by atoms with Gasteiger partial charge in [-0.2, -0.15) is 5.10 Å². The summed E-state index contributed by atoms with van der Waals surface area (Å²) in [6.07, 6.45) is 3.73. The number of methoxy groups -OCH3 is 1. The Labute approximate surface area is 99.9 Å². The van der Waals surface area contributed by atoms with E-state index in [9.17, 15) is 4.79 Å². The van der Waals surface area contributed by atoms with Crippen molar-refractivity contribution in [1.29, 1.82) is 0 Å². The van der Waals surface area contributed by atoms with E-state index in [0.29, 0.717) is 5.75 Å². The number of nitrogens with one attached hydrogen (secondary N) is 1. The quantitative estimate of drug-likeness (QED) is 0.770. The molecule has 1 aliphatic heterocycles. The summed E-state index contributed by atoms with van der Waals surface area (Å²) >= 11 is 0. The fourth-order valence-electron chi connectivity index (χ4n) is 1.88. The molecule has 0 amide bonds. The Balaban J connectivity index is 2.11. The van der Waals surface area contributed by atoms with E-state index in [4.69, 9.17) is 4.74 Å². The fraction of sp³-hybridized carbons (Fsp3) is 0.636. The molecule has 17 heavy (non-hydrogen) atoms. The van der Waals surface area contributed by atoms with Crippen molar-refractivity contribution in [2.75, 3.05) is 20.2 Å². The minimum Gasteiger partial charge on any atom is -0.486 e. The van der Waals surface area contributed by atoms with Crippen LogP contribution in [0.4, 0.5) is 0 Å². The lowest BCUT2D eigenvalue weighted by atomic mass is 10.1. The number of carbonyl (C=O) groups excluding carboxylic acids is 1. The first-order chi connectivity index (χ1) is 8.20. The van der Waals surface area contributed by atoms with Crippen LogP contribution in [0.15, 0.2) is 6.20 Å². The second-order valence-electron chi connectivity index (χ2n) is 4.07. The molecule has 0 bridgehead atoms. The lowest BCUT2D eigenvalue weighted by Gasteiger charge is -2.23. The first kappa shape index (κ1) is 11.9. The van der Waals surface area contributed by atoms with Gasteiger partial charge in [-0.05, 0) is 25.9 Å². The zero-order valence-electron chi connectivity index (χ0n) is 10.1. The maximum atomic E-state index is 11.5. The summed E-state index contributed by atoms with van der Waals surface area (Å²) in [5.74, 6) is 0.0424. The van der Waals surface area contributed by atoms with Gasteiger partial charge in [0.15, 0.2) is 5.75 Å². The Bertz CT molecular complexity index is 397. The van der Waals surface area contributed by atoms with Gasteiger partial charge in [-0.25, -0.2) is 4.79 Å². The van der Waals surface area contributed by atoms with Crippen LogP contribution < -0.4 is 10.1 Å². The molecule has 1 aromatic heterocycles. The first-order valence-corrected chi connectivity index (χ1v) is 5.70. The van der Waals surface area contributed by atoms with Gasteiger partial charge in [-0.1, -0.05) is 0 Å². The van der Waals surface area contributed by atoms with Crippen molar-refractivity contribution in [1.82, 2.24) is 15.1 Å². The van der Waals surface area contributed by atoms with Gasteiger partial charge in [0, 0.05) is 7.05 Å². The van der Waals surface area contributed by atoms with Crippen molar-refractivity contribution in [3.8, 4) is 5.75 Å². The second kappa shape index (κ2) is 5.18. The Kier molecular flexibility index (Phi) is 3.63. The number of carbonyl (C=O) groups is 1. The van der Waals surface area contributed by atoms with Crippen LogP contribution in [-0.4, -0.2) is 42.1 Å². The van der Waals surface area contributed by atoms with Crippen LogP contribution in [0.1, 0.15) is 23.3 Å². The van der Waals surface area contributed by atoms with E-state index >= 15 is 0 Å². The molecule has 0 aliphatic carbocycles. The van der Waals surface area contributed by atoms with E-state index in [0.717, 1.165) is 25.9 Å². The third-order valence-corrected chi connectivity index (χ3v) is 2.75. The molecular weight excluding hydrogens is 222 g/mol. The Hall–Kier alpha value is -1.56. The number of esters is 1. The highest BCUT2D eigenvalue weighted by atomic mass is 16.5. The lowest BCUT2D eigenvalue weighted by Crippen LogP contribution is -2.34. The molecular formula is C11H17N3O3. The predicted molar refractivity (Wildman–Crippen MR) is 61.1 cm³/mol. The molecule has 94 valence electrons. The van der Waals surface area contributed by atoms with Gasteiger partial charge >= 0.3 is 5.97 Å². The number of hydrogen-bond acceptors (Lipinski definition) is 5. The number of rotatable bonds is 3. The summed E-state index contributed by atoms with van der Waals surface area (Å²) in [4.78, 5) is 11.5. The molecule has 6 nitrogen and oxygen atoms in total. The highest BCUT2D eigenvalue weighted by Crippen LogP contribution is 2.21. The van der Waals surface area contributed by atoms with Crippen molar-refractivity contribution in [2.24, 2.45) is 7.05 Å². The zero-order valence-corrected chi connectivity index (χ0v) is 10.1. The largest absolute Gasteiger partial charge is 0.486 e. The van der Waals surface area contributed by atoms with Crippen LogP contribution in [0.3, 0.4) is 0 Å². The number of aryl methyl sites for hydroxylation is 1. The average Bonchev–Trinajstić information content (AvgIpc) is 2.70. The third-order valence-electron chi connectivity index (χ3n) is 2.75. The molecule has 0 unspecified atom stereocenters. The number of nitrogens with zero attached hydrogens (tertiary/aromatic N) is 2. The molecule has 6 heteroatoms. The number of aromatic nitrogens is 2. The SMILES string of the molecule is COC(=O)c1nn(C)cc1OC1CCNCC1. The molecule has 1 aromatic rings. The van der Waals surface area contributed by atoms with E-state index in [1.807, 2.05) is 0 Å². The normalized spacial score (nSPS) is 16.8. The highest BCUT2D eigenvalue weighted by Gasteiger charge is 2.22. The molecule has 2 rings (SSSR count). The maximum absolute atomic E-state index is 11.5. The van der Waals surface area contributed by atoms with Crippen molar-refractivity contribution < 1.29 is 14.3 Å². The number of ether oxygens (including phenoxy) is 2. The minimum absolute atomic E-state index is 0.142. The van der Waals surface area contributed by atoms with Gasteiger partial charge in [0.1, 0.15) is 6.10 Å². The summed E-state index contributed by atoms with van der Waals surface area (Å²) in [6.45, 7) is 1.89. The lowest BCUT2D eigenvalue weighted by molar-refractivity contribution is 0.0584. The number of hydrogen-bond donors (Lipinski definition) is 1. The maximum Gasteiger partial charge on any atom is 0.362 e. The Morgan fingerprint density at radius 1 is 1.53 bits per heavy atom. The molecule has 1 N–H and O–H groups in total. The van der Waals surface area contributed by atoms with Gasteiger partial charge in [0.25, 0.3) is 0 Å². The summed E-state index contributed by atoms with van der Waals surface area (Å²) in [6, 6.07) is 0. The third kappa shape index (κ3) is 2.76. The van der Waals surface area contributed by atoms with E-state index in [2.05, 4.69) is 15.2 Å². The van der Waals surface area contributed by atoms with E-state index in [1.165, 1.54) is 7.11 Å². The van der Waals surface area contributed by atoms with Crippen LogP contribution in [0.25, 0.3) is 0 Å². The zero-order chi connectivity index (χ0) is 12.3. The molecule has 0 saturated carbocycles. The molecule has 0 spiro atoms. The van der Waals surface area contributed by atoms with E-state index in [-0.39, 0.29) is 11.8 Å². The van der Waals surface area contributed by atoms with Crippen LogP contribution in [-0.2, 0) is 11.8 Å². The standard InChI is InChI=1S/C11H17N3O3/c1-14-7-9(10(13-14)11(15)16-2)17-8-3-5-12-6-4-8/h7-8,12H,3-6H2,1-2H3. The monoisotopic (exact) mass is 239 g/mol. The summed E-state index contributed by atoms with van der Waals surface area (Å²) in [7, 11) is 3.09.